The van der Waals surface area contributed by atoms with Gasteiger partial charge < -0.3 is 27.3 Å². The quantitative estimate of drug-likeness (QED) is 0.172. The van der Waals surface area contributed by atoms with Gasteiger partial charge in [-0.05, 0) is 204 Å². The second kappa shape index (κ2) is 26.0. The van der Waals surface area contributed by atoms with E-state index in [1.807, 2.05) is 11.3 Å². The molecule has 6 heterocycles. The molecule has 22 aromatic rings. The monoisotopic (exact) mass is 1580 g/mol. The number of rotatable bonds is 5. The van der Waals surface area contributed by atoms with Crippen LogP contribution in [0.25, 0.3) is 174 Å². The molecule has 6 aromatic heterocycles. The van der Waals surface area contributed by atoms with Gasteiger partial charge in [0, 0.05) is 113 Å². The van der Waals surface area contributed by atoms with Crippen molar-refractivity contribution >= 4 is 158 Å². The first kappa shape index (κ1) is 72.7. The number of benzene rings is 16. The van der Waals surface area contributed by atoms with Gasteiger partial charge >= 0.3 is 0 Å². The topological polar surface area (TPSA) is 52.5 Å². The second-order valence-corrected chi connectivity index (χ2v) is 38.1. The highest BCUT2D eigenvalue weighted by molar-refractivity contribution is 7.25. The lowest BCUT2D eigenvalue weighted by molar-refractivity contribution is 0.299. The molecule has 0 aliphatic heterocycles. The summed E-state index contributed by atoms with van der Waals surface area (Å²) in [5.74, 6) is 0. The Bertz CT molecular complexity index is 8010. The van der Waals surface area contributed by atoms with Gasteiger partial charge in [-0.1, -0.05) is 295 Å². The Morgan fingerprint density at radius 3 is 1.35 bits per heavy atom. The minimum absolute atomic E-state index is 0.00000956. The van der Waals surface area contributed by atoms with E-state index in [9.17, 15) is 0 Å². The summed E-state index contributed by atoms with van der Waals surface area (Å²) in [7, 11) is 0. The van der Waals surface area contributed by atoms with Crippen LogP contribution >= 0.6 is 11.3 Å². The highest BCUT2D eigenvalue weighted by Crippen LogP contribution is 2.60. The number of anilines is 3. The van der Waals surface area contributed by atoms with E-state index in [4.69, 9.17) is 13.3 Å². The van der Waals surface area contributed by atoms with E-state index in [0.717, 1.165) is 78.1 Å². The molecule has 0 spiro atoms. The molecule has 121 heavy (non-hydrogen) atoms. The Balaban J connectivity index is 0.000000106. The number of hydrogen-bond acceptors (Lipinski definition) is 5. The average molecular weight is 1580 g/mol. The molecule has 0 N–H and O–H groups in total. The Labute approximate surface area is 707 Å². The van der Waals surface area contributed by atoms with Crippen molar-refractivity contribution in [2.24, 2.45) is 0 Å². The fourth-order valence-electron chi connectivity index (χ4n) is 21.3. The van der Waals surface area contributed by atoms with E-state index in [0.29, 0.717) is 0 Å². The van der Waals surface area contributed by atoms with Crippen molar-refractivity contribution in [3.63, 3.8) is 0 Å². The molecular formula is C114H91N3O3S. The molecule has 0 radical (unpaired) electrons. The molecule has 7 heteroatoms. The average Bonchev–Trinajstić information content (AvgIpc) is 1.65. The second-order valence-electron chi connectivity index (χ2n) is 37.0. The maximum absolute atomic E-state index is 7.00. The number of aromatic nitrogens is 2. The number of nitrogens with zero attached hydrogens (tertiary/aromatic N) is 3. The maximum Gasteiger partial charge on any atom is 0.159 e. The Kier molecular flexibility index (Phi) is 15.6. The summed E-state index contributed by atoms with van der Waals surface area (Å²) in [6.45, 7) is 28.5. The zero-order valence-corrected chi connectivity index (χ0v) is 71.0. The molecule has 0 saturated carbocycles. The van der Waals surface area contributed by atoms with Crippen LogP contribution < -0.4 is 4.90 Å². The Morgan fingerprint density at radius 2 is 0.694 bits per heavy atom. The zero-order chi connectivity index (χ0) is 82.1. The summed E-state index contributed by atoms with van der Waals surface area (Å²) in [6, 6.07) is 121. The lowest BCUT2D eigenvalue weighted by Crippen LogP contribution is -2.43. The van der Waals surface area contributed by atoms with Crippen molar-refractivity contribution in [2.75, 3.05) is 4.90 Å². The minimum atomic E-state index is -0.137. The molecule has 3 aliphatic carbocycles. The number of fused-ring (bicyclic) bond motifs is 29. The van der Waals surface area contributed by atoms with Crippen LogP contribution in [0.4, 0.5) is 17.1 Å². The number of para-hydroxylation sites is 6. The van der Waals surface area contributed by atoms with Crippen LogP contribution in [0, 0.1) is 0 Å². The summed E-state index contributed by atoms with van der Waals surface area (Å²) in [5, 5.41) is 14.6. The highest BCUT2D eigenvalue weighted by atomic mass is 32.1. The number of furan rings is 3. The first-order valence-electron chi connectivity index (χ1n) is 42.6. The standard InChI is InChI=1S/C42H33NOS.2C36H29NO/c1-41(2)35-16-10-8-14-29(35)31-20-21-32-33-24-27(18-22-36(33)44-40(32)39(31)42(41,3)4)43(26-12-6-5-7-13-26)28-19-23-38-34(25-28)30-15-9-11-17-37(30)45-38;1-35(2)27-16-8-5-14-26(27)32-28(36(35,3)4)21-20-25-24-15-11-19-31(33(24)38-34(25)32)37-29-17-9-6-12-22(29)23-13-7-10-18-30(23)37;1-35(2)29-14-8-5-11-23(29)26-20-28-27-19-22(17-18-33(27)38-34(28)21-30(26)36(35,3)4)37-31-15-9-6-12-24(31)25-13-7-10-16-32(25)37/h5-25H,1-4H3;2*5-21H,1-4H3. The van der Waals surface area contributed by atoms with E-state index in [2.05, 4.69) is 431 Å². The van der Waals surface area contributed by atoms with Crippen LogP contribution in [-0.2, 0) is 32.5 Å². The summed E-state index contributed by atoms with van der Waals surface area (Å²) < 4.78 is 27.7. The summed E-state index contributed by atoms with van der Waals surface area (Å²) in [4.78, 5) is 2.37. The molecule has 0 amide bonds. The van der Waals surface area contributed by atoms with Crippen molar-refractivity contribution in [3.8, 4) is 44.8 Å². The van der Waals surface area contributed by atoms with Crippen molar-refractivity contribution < 1.29 is 13.3 Å². The van der Waals surface area contributed by atoms with E-state index in [-0.39, 0.29) is 32.5 Å². The molecular weight excluding hydrogens is 1490 g/mol. The molecule has 586 valence electrons. The molecule has 6 nitrogen and oxygen atoms in total. The smallest absolute Gasteiger partial charge is 0.159 e. The van der Waals surface area contributed by atoms with Crippen molar-refractivity contribution in [1.29, 1.82) is 0 Å². The van der Waals surface area contributed by atoms with E-state index in [1.165, 1.54) is 147 Å². The van der Waals surface area contributed by atoms with Crippen LogP contribution in [0.5, 0.6) is 0 Å². The molecule has 0 saturated heterocycles. The van der Waals surface area contributed by atoms with Crippen LogP contribution in [0.2, 0.25) is 0 Å². The number of thiophene rings is 1. The number of hydrogen-bond donors (Lipinski definition) is 0. The molecule has 0 atom stereocenters. The largest absolute Gasteiger partial charge is 0.456 e. The molecule has 25 rings (SSSR count). The van der Waals surface area contributed by atoms with Crippen LogP contribution in [0.3, 0.4) is 0 Å². The first-order valence-corrected chi connectivity index (χ1v) is 43.4. The normalized spacial score (nSPS) is 15.5. The molecule has 16 aromatic carbocycles. The molecule has 0 unspecified atom stereocenters. The van der Waals surface area contributed by atoms with Crippen molar-refractivity contribution in [1.82, 2.24) is 9.13 Å². The van der Waals surface area contributed by atoms with Gasteiger partial charge in [0.2, 0.25) is 0 Å². The fraction of sp³-hybridized carbons (Fsp3) is 0.158. The van der Waals surface area contributed by atoms with Gasteiger partial charge in [0.1, 0.15) is 27.9 Å². The van der Waals surface area contributed by atoms with Gasteiger partial charge in [0.15, 0.2) is 5.58 Å². The summed E-state index contributed by atoms with van der Waals surface area (Å²) >= 11 is 1.85. The molecule has 3 aliphatic rings. The van der Waals surface area contributed by atoms with Gasteiger partial charge in [-0.15, -0.1) is 11.3 Å². The van der Waals surface area contributed by atoms with E-state index < -0.39 is 0 Å². The van der Waals surface area contributed by atoms with Gasteiger partial charge in [-0.2, -0.15) is 0 Å². The summed E-state index contributed by atoms with van der Waals surface area (Å²) in [6.07, 6.45) is 0. The van der Waals surface area contributed by atoms with Gasteiger partial charge in [0.05, 0.1) is 27.8 Å². The fourth-order valence-corrected chi connectivity index (χ4v) is 22.4. The van der Waals surface area contributed by atoms with Crippen LogP contribution in [-0.4, -0.2) is 9.13 Å². The molecule has 0 bridgehead atoms. The van der Waals surface area contributed by atoms with E-state index in [1.54, 1.807) is 0 Å². The highest BCUT2D eigenvalue weighted by Gasteiger charge is 2.50. The van der Waals surface area contributed by atoms with E-state index >= 15 is 0 Å². The third-order valence-electron chi connectivity index (χ3n) is 29.7. The Hall–Kier alpha value is -13.5. The van der Waals surface area contributed by atoms with Crippen LogP contribution in [0.1, 0.15) is 116 Å². The maximum atomic E-state index is 7.00. The Morgan fingerprint density at radius 1 is 0.240 bits per heavy atom. The van der Waals surface area contributed by atoms with Crippen LogP contribution in [0.15, 0.2) is 347 Å². The summed E-state index contributed by atoms with van der Waals surface area (Å²) in [5.41, 5.74) is 31.8. The van der Waals surface area contributed by atoms with Gasteiger partial charge in [-0.3, -0.25) is 0 Å². The SMILES string of the molecule is CC1(C)c2ccccc2-c2c(ccc3c2oc2c(-n4c5ccccc5c5ccccc54)cccc23)C1(C)C.CC1(C)c2ccccc2-c2cc3c(cc2C1(C)C)oc1ccc(-n2c4ccccc4c4ccccc42)cc13.CC1(C)c2ccccc2-c2ccc3c(oc4ccc(N(c5ccccc5)c5ccc6sc7ccccc7c6c5)cc43)c2C1(C)C. The lowest BCUT2D eigenvalue weighted by atomic mass is 9.55. The minimum Gasteiger partial charge on any atom is -0.456 e. The first-order chi connectivity index (χ1) is 58.6. The van der Waals surface area contributed by atoms with Crippen molar-refractivity contribution in [3.05, 3.63) is 367 Å². The lowest BCUT2D eigenvalue weighted by Gasteiger charge is -2.48. The van der Waals surface area contributed by atoms with Crippen molar-refractivity contribution in [2.45, 2.75) is 116 Å². The predicted molar refractivity (Wildman–Crippen MR) is 512 cm³/mol. The predicted octanol–water partition coefficient (Wildman–Crippen LogP) is 32.5. The zero-order valence-electron chi connectivity index (χ0n) is 70.2. The van der Waals surface area contributed by atoms with Gasteiger partial charge in [0.25, 0.3) is 0 Å². The van der Waals surface area contributed by atoms with Gasteiger partial charge in [-0.25, -0.2) is 0 Å². The third kappa shape index (κ3) is 10.3. The molecule has 0 fully saturated rings. The third-order valence-corrected chi connectivity index (χ3v) is 30.9.